The maximum Gasteiger partial charge on any atom is 0.308 e. The van der Waals surface area contributed by atoms with Crippen LogP contribution in [0.25, 0.3) is 0 Å². The van der Waals surface area contributed by atoms with Crippen molar-refractivity contribution in [2.75, 3.05) is 7.11 Å². The third-order valence-corrected chi connectivity index (χ3v) is 2.62. The quantitative estimate of drug-likeness (QED) is 0.385. The zero-order valence-electron chi connectivity index (χ0n) is 12.5. The molecule has 2 aromatic rings. The van der Waals surface area contributed by atoms with Crippen molar-refractivity contribution in [3.05, 3.63) is 48.0 Å². The number of nitrogens with zero attached hydrogens (tertiary/aromatic N) is 3. The van der Waals surface area contributed by atoms with Crippen molar-refractivity contribution in [2.45, 2.75) is 6.92 Å². The fourth-order valence-electron chi connectivity index (χ4n) is 1.64. The van der Waals surface area contributed by atoms with Crippen molar-refractivity contribution < 1.29 is 19.1 Å². The van der Waals surface area contributed by atoms with Crippen LogP contribution < -0.4 is 14.9 Å². The maximum absolute atomic E-state index is 11.7. The number of hydrogen-bond donors (Lipinski definition) is 1. The molecule has 0 aliphatic rings. The largest absolute Gasteiger partial charge is 0.493 e. The highest BCUT2D eigenvalue weighted by molar-refractivity contribution is 5.92. The van der Waals surface area contributed by atoms with Gasteiger partial charge in [0.1, 0.15) is 5.69 Å². The van der Waals surface area contributed by atoms with Gasteiger partial charge in [-0.3, -0.25) is 14.6 Å². The average molecular weight is 314 g/mol. The van der Waals surface area contributed by atoms with E-state index in [4.69, 9.17) is 9.47 Å². The fourth-order valence-corrected chi connectivity index (χ4v) is 1.64. The summed E-state index contributed by atoms with van der Waals surface area (Å²) in [7, 11) is 1.46. The minimum atomic E-state index is -0.474. The molecule has 8 heteroatoms. The molecule has 0 saturated heterocycles. The van der Waals surface area contributed by atoms with Crippen molar-refractivity contribution in [3.63, 3.8) is 0 Å². The third kappa shape index (κ3) is 4.60. The normalized spacial score (nSPS) is 10.3. The lowest BCUT2D eigenvalue weighted by molar-refractivity contribution is -0.132. The molecule has 1 amide bonds. The van der Waals surface area contributed by atoms with E-state index in [0.717, 1.165) is 0 Å². The van der Waals surface area contributed by atoms with Gasteiger partial charge in [0.2, 0.25) is 0 Å². The Kier molecular flexibility index (Phi) is 5.35. The van der Waals surface area contributed by atoms with Crippen LogP contribution in [0.1, 0.15) is 23.0 Å². The Morgan fingerprint density at radius 3 is 2.74 bits per heavy atom. The highest BCUT2D eigenvalue weighted by atomic mass is 16.6. The van der Waals surface area contributed by atoms with Gasteiger partial charge < -0.3 is 9.47 Å². The molecule has 1 N–H and O–H groups in total. The number of hydrogen-bond acceptors (Lipinski definition) is 7. The van der Waals surface area contributed by atoms with E-state index in [1.165, 1.54) is 38.8 Å². The van der Waals surface area contributed by atoms with E-state index >= 15 is 0 Å². The van der Waals surface area contributed by atoms with Crippen LogP contribution in [0.2, 0.25) is 0 Å². The Balaban J connectivity index is 2.05. The van der Waals surface area contributed by atoms with Crippen molar-refractivity contribution in [1.29, 1.82) is 0 Å². The summed E-state index contributed by atoms with van der Waals surface area (Å²) in [6, 6.07) is 4.86. The SMILES string of the molecule is COc1cc(C=NNC(=O)c2cnccn2)ccc1OC(C)=O. The first-order chi connectivity index (χ1) is 11.1. The molecule has 2 rings (SSSR count). The van der Waals surface area contributed by atoms with E-state index in [2.05, 4.69) is 20.5 Å². The first kappa shape index (κ1) is 16.1. The summed E-state index contributed by atoms with van der Waals surface area (Å²) in [5.74, 6) is -0.232. The summed E-state index contributed by atoms with van der Waals surface area (Å²) in [5.41, 5.74) is 3.14. The molecule has 8 nitrogen and oxygen atoms in total. The van der Waals surface area contributed by atoms with E-state index < -0.39 is 11.9 Å². The summed E-state index contributed by atoms with van der Waals surface area (Å²) in [4.78, 5) is 30.4. The number of amides is 1. The molecule has 1 aromatic heterocycles. The zero-order chi connectivity index (χ0) is 16.7. The Morgan fingerprint density at radius 2 is 2.09 bits per heavy atom. The second-order valence-corrected chi connectivity index (χ2v) is 4.29. The number of benzene rings is 1. The van der Waals surface area contributed by atoms with Crippen molar-refractivity contribution in [3.8, 4) is 11.5 Å². The van der Waals surface area contributed by atoms with Gasteiger partial charge in [-0.15, -0.1) is 0 Å². The summed E-state index contributed by atoms with van der Waals surface area (Å²) in [6.45, 7) is 1.30. The number of esters is 1. The van der Waals surface area contributed by atoms with E-state index in [0.29, 0.717) is 17.1 Å². The van der Waals surface area contributed by atoms with Crippen LogP contribution in [-0.2, 0) is 4.79 Å². The molecule has 1 aromatic carbocycles. The van der Waals surface area contributed by atoms with E-state index in [9.17, 15) is 9.59 Å². The number of methoxy groups -OCH3 is 1. The highest BCUT2D eigenvalue weighted by Gasteiger charge is 2.08. The predicted octanol–water partition coefficient (Wildman–Crippen LogP) is 1.17. The zero-order valence-corrected chi connectivity index (χ0v) is 12.5. The Hall–Kier alpha value is -3.29. The van der Waals surface area contributed by atoms with E-state index in [-0.39, 0.29) is 5.69 Å². The van der Waals surface area contributed by atoms with Crippen LogP contribution in [0.15, 0.2) is 41.9 Å². The average Bonchev–Trinajstić information content (AvgIpc) is 2.56. The standard InChI is InChI=1S/C15H14N4O4/c1-10(20)23-13-4-3-11(7-14(13)22-2)8-18-19-15(21)12-9-16-5-6-17-12/h3-9H,1-2H3,(H,19,21). The number of hydrazone groups is 1. The Morgan fingerprint density at radius 1 is 1.26 bits per heavy atom. The van der Waals surface area contributed by atoms with Gasteiger partial charge in [-0.25, -0.2) is 10.4 Å². The molecule has 0 saturated carbocycles. The lowest BCUT2D eigenvalue weighted by Gasteiger charge is -2.08. The lowest BCUT2D eigenvalue weighted by atomic mass is 10.2. The van der Waals surface area contributed by atoms with Gasteiger partial charge in [-0.05, 0) is 23.8 Å². The van der Waals surface area contributed by atoms with Gasteiger partial charge in [0.25, 0.3) is 5.91 Å². The smallest absolute Gasteiger partial charge is 0.308 e. The fraction of sp³-hybridized carbons (Fsp3) is 0.133. The van der Waals surface area contributed by atoms with Crippen molar-refractivity contribution >= 4 is 18.1 Å². The summed E-state index contributed by atoms with van der Waals surface area (Å²) in [6.07, 6.45) is 5.64. The molecule has 0 aliphatic carbocycles. The molecule has 0 aliphatic heterocycles. The molecule has 0 bridgehead atoms. The van der Waals surface area contributed by atoms with Crippen LogP contribution >= 0.6 is 0 Å². The van der Waals surface area contributed by atoms with Gasteiger partial charge in [-0.1, -0.05) is 0 Å². The number of carbonyl (C=O) groups is 2. The summed E-state index contributed by atoms with van der Waals surface area (Å²) >= 11 is 0. The molecule has 0 spiro atoms. The molecular formula is C15H14N4O4. The van der Waals surface area contributed by atoms with Crippen molar-refractivity contribution in [2.24, 2.45) is 5.10 Å². The second kappa shape index (κ2) is 7.64. The van der Waals surface area contributed by atoms with Crippen LogP contribution in [0.4, 0.5) is 0 Å². The van der Waals surface area contributed by atoms with Gasteiger partial charge in [0.05, 0.1) is 19.5 Å². The summed E-state index contributed by atoms with van der Waals surface area (Å²) < 4.78 is 10.1. The van der Waals surface area contributed by atoms with Gasteiger partial charge in [0.15, 0.2) is 11.5 Å². The summed E-state index contributed by atoms with van der Waals surface area (Å²) in [5, 5.41) is 3.83. The van der Waals surface area contributed by atoms with Crippen molar-refractivity contribution in [1.82, 2.24) is 15.4 Å². The molecule has 1 heterocycles. The second-order valence-electron chi connectivity index (χ2n) is 4.29. The van der Waals surface area contributed by atoms with Crippen LogP contribution in [0, 0.1) is 0 Å². The molecule has 0 atom stereocenters. The van der Waals surface area contributed by atoms with Crippen LogP contribution in [0.3, 0.4) is 0 Å². The van der Waals surface area contributed by atoms with Gasteiger partial charge in [0, 0.05) is 19.3 Å². The highest BCUT2D eigenvalue weighted by Crippen LogP contribution is 2.27. The first-order valence-corrected chi connectivity index (χ1v) is 6.56. The third-order valence-electron chi connectivity index (χ3n) is 2.62. The molecule has 118 valence electrons. The Bertz CT molecular complexity index is 732. The van der Waals surface area contributed by atoms with Crippen LogP contribution in [-0.4, -0.2) is 35.2 Å². The Labute approximate surface area is 132 Å². The molecule has 0 unspecified atom stereocenters. The minimum Gasteiger partial charge on any atom is -0.493 e. The van der Waals surface area contributed by atoms with E-state index in [1.807, 2.05) is 0 Å². The molecular weight excluding hydrogens is 300 g/mol. The lowest BCUT2D eigenvalue weighted by Crippen LogP contribution is -2.19. The van der Waals surface area contributed by atoms with Gasteiger partial charge in [-0.2, -0.15) is 5.10 Å². The first-order valence-electron chi connectivity index (χ1n) is 6.56. The van der Waals surface area contributed by atoms with E-state index in [1.54, 1.807) is 18.2 Å². The number of carbonyl (C=O) groups excluding carboxylic acids is 2. The monoisotopic (exact) mass is 314 g/mol. The molecule has 0 radical (unpaired) electrons. The van der Waals surface area contributed by atoms with Gasteiger partial charge >= 0.3 is 5.97 Å². The minimum absolute atomic E-state index is 0.160. The molecule has 23 heavy (non-hydrogen) atoms. The molecule has 0 fully saturated rings. The topological polar surface area (TPSA) is 103 Å². The number of rotatable bonds is 5. The number of ether oxygens (including phenoxy) is 2. The predicted molar refractivity (Wildman–Crippen MR) is 81.4 cm³/mol. The maximum atomic E-state index is 11.7. The number of nitrogens with one attached hydrogen (secondary N) is 1. The van der Waals surface area contributed by atoms with Crippen LogP contribution in [0.5, 0.6) is 11.5 Å². The number of aromatic nitrogens is 2.